The van der Waals surface area contributed by atoms with Gasteiger partial charge in [-0.25, -0.2) is 4.79 Å². The molecule has 0 spiro atoms. The lowest BCUT2D eigenvalue weighted by Gasteiger charge is -2.03. The molecule has 1 N–H and O–H groups in total. The molecule has 0 aliphatic rings. The lowest BCUT2D eigenvalue weighted by Crippen LogP contribution is -2.02. The van der Waals surface area contributed by atoms with Gasteiger partial charge in [0.25, 0.3) is 0 Å². The van der Waals surface area contributed by atoms with Crippen molar-refractivity contribution < 1.29 is 14.7 Å². The maximum absolute atomic E-state index is 10.8. The SMILES string of the molecule is O=CCCCc1ccccc1C(=O)O. The van der Waals surface area contributed by atoms with E-state index in [4.69, 9.17) is 5.11 Å². The van der Waals surface area contributed by atoms with Crippen molar-refractivity contribution in [3.05, 3.63) is 35.4 Å². The highest BCUT2D eigenvalue weighted by Gasteiger charge is 2.07. The molecular formula is C11H12O3. The Bertz CT molecular complexity index is 331. The van der Waals surface area contributed by atoms with Crippen LogP contribution in [-0.2, 0) is 11.2 Å². The quantitative estimate of drug-likeness (QED) is 0.572. The van der Waals surface area contributed by atoms with Crippen LogP contribution in [0.4, 0.5) is 0 Å². The Morgan fingerprint density at radius 3 is 2.71 bits per heavy atom. The fourth-order valence-corrected chi connectivity index (χ4v) is 1.32. The molecule has 0 saturated heterocycles. The molecule has 74 valence electrons. The number of unbranched alkanes of at least 4 members (excludes halogenated alkanes) is 1. The zero-order valence-corrected chi connectivity index (χ0v) is 7.77. The van der Waals surface area contributed by atoms with Gasteiger partial charge in [0.15, 0.2) is 0 Å². The van der Waals surface area contributed by atoms with Crippen LogP contribution in [0.25, 0.3) is 0 Å². The Labute approximate surface area is 82.4 Å². The van der Waals surface area contributed by atoms with Gasteiger partial charge in [-0.2, -0.15) is 0 Å². The third-order valence-electron chi connectivity index (χ3n) is 2.02. The number of carbonyl (C=O) groups excluding carboxylic acids is 1. The van der Waals surface area contributed by atoms with Gasteiger partial charge in [-0.3, -0.25) is 0 Å². The van der Waals surface area contributed by atoms with Crippen molar-refractivity contribution in [2.24, 2.45) is 0 Å². The van der Waals surface area contributed by atoms with E-state index in [1.54, 1.807) is 18.2 Å². The molecule has 0 amide bonds. The second kappa shape index (κ2) is 5.17. The van der Waals surface area contributed by atoms with Crippen LogP contribution in [0.3, 0.4) is 0 Å². The van der Waals surface area contributed by atoms with E-state index in [2.05, 4.69) is 0 Å². The molecule has 1 rings (SSSR count). The van der Waals surface area contributed by atoms with Crippen molar-refractivity contribution in [1.82, 2.24) is 0 Å². The van der Waals surface area contributed by atoms with Crippen molar-refractivity contribution in [3.63, 3.8) is 0 Å². The molecule has 0 aliphatic carbocycles. The average Bonchev–Trinajstić information content (AvgIpc) is 2.19. The summed E-state index contributed by atoms with van der Waals surface area (Å²) in [6.45, 7) is 0. The second-order valence-electron chi connectivity index (χ2n) is 3.02. The van der Waals surface area contributed by atoms with E-state index in [1.807, 2.05) is 6.07 Å². The highest BCUT2D eigenvalue weighted by molar-refractivity contribution is 5.89. The first-order chi connectivity index (χ1) is 6.75. The van der Waals surface area contributed by atoms with Crippen molar-refractivity contribution in [2.75, 3.05) is 0 Å². The van der Waals surface area contributed by atoms with E-state index in [0.29, 0.717) is 24.8 Å². The number of aldehydes is 1. The van der Waals surface area contributed by atoms with Gasteiger partial charge in [-0.1, -0.05) is 18.2 Å². The molecule has 1 aromatic carbocycles. The summed E-state index contributed by atoms with van der Waals surface area (Å²) in [5, 5.41) is 8.85. The number of rotatable bonds is 5. The summed E-state index contributed by atoms with van der Waals surface area (Å²) in [5.74, 6) is -0.910. The van der Waals surface area contributed by atoms with E-state index in [9.17, 15) is 9.59 Å². The molecule has 0 bridgehead atoms. The summed E-state index contributed by atoms with van der Waals surface area (Å²) >= 11 is 0. The zero-order valence-electron chi connectivity index (χ0n) is 7.77. The number of carboxylic acid groups (broad SMARTS) is 1. The molecule has 0 saturated carbocycles. The third-order valence-corrected chi connectivity index (χ3v) is 2.02. The number of aryl methyl sites for hydroxylation is 1. The summed E-state index contributed by atoms with van der Waals surface area (Å²) in [4.78, 5) is 20.9. The molecule has 0 heterocycles. The lowest BCUT2D eigenvalue weighted by atomic mass is 10.0. The van der Waals surface area contributed by atoms with Crippen LogP contribution in [0.2, 0.25) is 0 Å². The maximum atomic E-state index is 10.8. The van der Waals surface area contributed by atoms with Gasteiger partial charge in [0.1, 0.15) is 6.29 Å². The summed E-state index contributed by atoms with van der Waals surface area (Å²) < 4.78 is 0. The van der Waals surface area contributed by atoms with Crippen LogP contribution in [-0.4, -0.2) is 17.4 Å². The van der Waals surface area contributed by atoms with Crippen LogP contribution >= 0.6 is 0 Å². The number of carboxylic acids is 1. The zero-order chi connectivity index (χ0) is 10.4. The molecule has 3 nitrogen and oxygen atoms in total. The van der Waals surface area contributed by atoms with E-state index in [-0.39, 0.29) is 0 Å². The molecule has 1 aromatic rings. The Morgan fingerprint density at radius 2 is 2.07 bits per heavy atom. The topological polar surface area (TPSA) is 54.4 Å². The first-order valence-corrected chi connectivity index (χ1v) is 4.50. The molecule has 0 aromatic heterocycles. The van der Waals surface area contributed by atoms with Gasteiger partial charge in [0.05, 0.1) is 5.56 Å². The Kier molecular flexibility index (Phi) is 3.85. The van der Waals surface area contributed by atoms with Crippen LogP contribution in [0.1, 0.15) is 28.8 Å². The predicted octanol–water partition coefficient (Wildman–Crippen LogP) is 1.91. The van der Waals surface area contributed by atoms with E-state index < -0.39 is 5.97 Å². The highest BCUT2D eigenvalue weighted by atomic mass is 16.4. The predicted molar refractivity (Wildman–Crippen MR) is 52.4 cm³/mol. The first kappa shape index (κ1) is 10.4. The Balaban J connectivity index is 2.74. The number of carbonyl (C=O) groups is 2. The monoisotopic (exact) mass is 192 g/mol. The number of hydrogen-bond donors (Lipinski definition) is 1. The maximum Gasteiger partial charge on any atom is 0.335 e. The van der Waals surface area contributed by atoms with Gasteiger partial charge in [0, 0.05) is 6.42 Å². The molecule has 0 atom stereocenters. The minimum Gasteiger partial charge on any atom is -0.478 e. The van der Waals surface area contributed by atoms with Crippen LogP contribution in [0.15, 0.2) is 24.3 Å². The molecule has 3 heteroatoms. The second-order valence-corrected chi connectivity index (χ2v) is 3.02. The largest absolute Gasteiger partial charge is 0.478 e. The van der Waals surface area contributed by atoms with Gasteiger partial charge in [-0.05, 0) is 24.5 Å². The lowest BCUT2D eigenvalue weighted by molar-refractivity contribution is -0.107. The van der Waals surface area contributed by atoms with Gasteiger partial charge < -0.3 is 9.90 Å². The molecule has 0 radical (unpaired) electrons. The molecular weight excluding hydrogens is 180 g/mol. The van der Waals surface area contributed by atoms with E-state index in [0.717, 1.165) is 11.8 Å². The first-order valence-electron chi connectivity index (χ1n) is 4.50. The molecule has 0 fully saturated rings. The Hall–Kier alpha value is -1.64. The van der Waals surface area contributed by atoms with Gasteiger partial charge in [0.2, 0.25) is 0 Å². The summed E-state index contributed by atoms with van der Waals surface area (Å²) in [5.41, 5.74) is 1.13. The number of aromatic carboxylic acids is 1. The fraction of sp³-hybridized carbons (Fsp3) is 0.273. The smallest absolute Gasteiger partial charge is 0.335 e. The van der Waals surface area contributed by atoms with Crippen LogP contribution in [0.5, 0.6) is 0 Å². The van der Waals surface area contributed by atoms with Crippen molar-refractivity contribution in [1.29, 1.82) is 0 Å². The number of hydrogen-bond acceptors (Lipinski definition) is 2. The van der Waals surface area contributed by atoms with Gasteiger partial charge >= 0.3 is 5.97 Å². The summed E-state index contributed by atoms with van der Waals surface area (Å²) in [6, 6.07) is 6.88. The van der Waals surface area contributed by atoms with Crippen LogP contribution in [0, 0.1) is 0 Å². The van der Waals surface area contributed by atoms with Crippen molar-refractivity contribution >= 4 is 12.3 Å². The standard InChI is InChI=1S/C11H12O3/c12-8-4-3-6-9-5-1-2-7-10(9)11(13)14/h1-2,5,7-8H,3-4,6H2,(H,13,14). The third kappa shape index (κ3) is 2.69. The summed E-state index contributed by atoms with van der Waals surface area (Å²) in [6.07, 6.45) is 2.67. The average molecular weight is 192 g/mol. The minimum atomic E-state index is -0.910. The van der Waals surface area contributed by atoms with Crippen molar-refractivity contribution in [2.45, 2.75) is 19.3 Å². The number of benzene rings is 1. The fourth-order valence-electron chi connectivity index (χ4n) is 1.32. The van der Waals surface area contributed by atoms with Crippen LogP contribution < -0.4 is 0 Å². The van der Waals surface area contributed by atoms with Gasteiger partial charge in [-0.15, -0.1) is 0 Å². The highest BCUT2D eigenvalue weighted by Crippen LogP contribution is 2.11. The molecule has 0 unspecified atom stereocenters. The molecule has 0 aliphatic heterocycles. The normalized spacial score (nSPS) is 9.71. The van der Waals surface area contributed by atoms with Crippen molar-refractivity contribution in [3.8, 4) is 0 Å². The van der Waals surface area contributed by atoms with E-state index in [1.165, 1.54) is 0 Å². The molecule has 14 heavy (non-hydrogen) atoms. The minimum absolute atomic E-state index is 0.332. The Morgan fingerprint density at radius 1 is 1.36 bits per heavy atom. The summed E-state index contributed by atoms with van der Waals surface area (Å²) in [7, 11) is 0. The van der Waals surface area contributed by atoms with E-state index >= 15 is 0 Å².